The molecule has 0 bridgehead atoms. The normalized spacial score (nSPS) is 19.1. The molecule has 4 nitrogen and oxygen atoms in total. The lowest BCUT2D eigenvalue weighted by Crippen LogP contribution is -2.47. The lowest BCUT2D eigenvalue weighted by molar-refractivity contribution is 0.0585. The van der Waals surface area contributed by atoms with Crippen LogP contribution in [0.4, 0.5) is 0 Å². The van der Waals surface area contributed by atoms with Crippen molar-refractivity contribution < 1.29 is 9.21 Å². The van der Waals surface area contributed by atoms with Gasteiger partial charge in [0, 0.05) is 24.5 Å². The lowest BCUT2D eigenvalue weighted by atomic mass is 10.0. The fraction of sp³-hybridized carbons (Fsp3) is 0.471. The molecule has 1 aromatic carbocycles. The highest BCUT2D eigenvalue weighted by Gasteiger charge is 2.28. The Morgan fingerprint density at radius 1 is 1.38 bits per heavy atom. The van der Waals surface area contributed by atoms with Crippen molar-refractivity contribution in [3.8, 4) is 0 Å². The number of hydrogen-bond donors (Lipinski definition) is 1. The van der Waals surface area contributed by atoms with E-state index < -0.39 is 0 Å². The number of nitrogens with zero attached hydrogens (tertiary/aromatic N) is 1. The Hall–Kier alpha value is -1.81. The molecule has 1 aromatic heterocycles. The quantitative estimate of drug-likeness (QED) is 0.943. The Labute approximate surface area is 125 Å². The first-order chi connectivity index (χ1) is 10.2. The van der Waals surface area contributed by atoms with Crippen LogP contribution in [0.1, 0.15) is 35.4 Å². The van der Waals surface area contributed by atoms with Gasteiger partial charge in [0.05, 0.1) is 0 Å². The van der Waals surface area contributed by atoms with Crippen molar-refractivity contribution in [3.05, 3.63) is 35.6 Å². The van der Waals surface area contributed by atoms with Crippen molar-refractivity contribution >= 4 is 16.9 Å². The molecular weight excluding hydrogens is 264 g/mol. The van der Waals surface area contributed by atoms with Crippen LogP contribution >= 0.6 is 0 Å². The molecule has 1 saturated heterocycles. The minimum absolute atomic E-state index is 0.0174. The maximum absolute atomic E-state index is 12.7. The molecule has 0 spiro atoms. The Kier molecular flexibility index (Phi) is 3.97. The minimum atomic E-state index is 0.0174. The summed E-state index contributed by atoms with van der Waals surface area (Å²) in [6, 6.07) is 8.13. The average Bonchev–Trinajstić information content (AvgIpc) is 2.90. The number of aryl methyl sites for hydroxylation is 1. The summed E-state index contributed by atoms with van der Waals surface area (Å²) in [5.41, 5.74) is 1.96. The van der Waals surface area contributed by atoms with E-state index in [-0.39, 0.29) is 11.9 Å². The van der Waals surface area contributed by atoms with Crippen molar-refractivity contribution in [3.63, 3.8) is 0 Å². The number of likely N-dealkylation sites (tertiary alicyclic amines) is 1. The summed E-state index contributed by atoms with van der Waals surface area (Å²) in [6.07, 6.45) is 3.33. The summed E-state index contributed by atoms with van der Waals surface area (Å²) < 4.78 is 5.75. The van der Waals surface area contributed by atoms with E-state index in [0.717, 1.165) is 36.9 Å². The zero-order valence-corrected chi connectivity index (χ0v) is 12.7. The molecular formula is C17H22N2O2. The van der Waals surface area contributed by atoms with Gasteiger partial charge in [0.2, 0.25) is 0 Å². The standard InChI is InChI=1S/C17H22N2O2/c1-12-6-7-15-13(9-12)10-16(21-15)17(20)19-8-4-3-5-14(19)11-18-2/h6-7,9-10,14,18H,3-5,8,11H2,1-2H3. The second kappa shape index (κ2) is 5.90. The van der Waals surface area contributed by atoms with Gasteiger partial charge in [-0.15, -0.1) is 0 Å². The van der Waals surface area contributed by atoms with E-state index in [1.807, 2.05) is 37.1 Å². The highest BCUT2D eigenvalue weighted by atomic mass is 16.3. The molecule has 1 amide bonds. The molecule has 1 atom stereocenters. The molecule has 112 valence electrons. The topological polar surface area (TPSA) is 45.5 Å². The zero-order chi connectivity index (χ0) is 14.8. The highest BCUT2D eigenvalue weighted by Crippen LogP contribution is 2.24. The number of carbonyl (C=O) groups excluding carboxylic acids is 1. The number of piperidine rings is 1. The second-order valence-electron chi connectivity index (χ2n) is 5.86. The first kappa shape index (κ1) is 14.1. The van der Waals surface area contributed by atoms with Gasteiger partial charge in [-0.2, -0.15) is 0 Å². The van der Waals surface area contributed by atoms with Crippen LogP contribution in [0.25, 0.3) is 11.0 Å². The largest absolute Gasteiger partial charge is 0.451 e. The van der Waals surface area contributed by atoms with E-state index in [1.165, 1.54) is 12.0 Å². The summed E-state index contributed by atoms with van der Waals surface area (Å²) in [7, 11) is 1.93. The molecule has 2 heterocycles. The van der Waals surface area contributed by atoms with Crippen molar-refractivity contribution in [2.75, 3.05) is 20.1 Å². The molecule has 0 saturated carbocycles. The van der Waals surface area contributed by atoms with Crippen LogP contribution in [0.3, 0.4) is 0 Å². The molecule has 1 fully saturated rings. The third-order valence-electron chi connectivity index (χ3n) is 4.21. The smallest absolute Gasteiger partial charge is 0.289 e. The maximum atomic E-state index is 12.7. The number of rotatable bonds is 3. The summed E-state index contributed by atoms with van der Waals surface area (Å²) in [6.45, 7) is 3.70. The van der Waals surface area contributed by atoms with Crippen molar-refractivity contribution in [2.24, 2.45) is 0 Å². The predicted molar refractivity (Wildman–Crippen MR) is 83.6 cm³/mol. The molecule has 0 aliphatic carbocycles. The second-order valence-corrected chi connectivity index (χ2v) is 5.86. The molecule has 1 aliphatic heterocycles. The van der Waals surface area contributed by atoms with Crippen LogP contribution in [0.15, 0.2) is 28.7 Å². The van der Waals surface area contributed by atoms with E-state index in [1.54, 1.807) is 0 Å². The van der Waals surface area contributed by atoms with Gasteiger partial charge in [-0.3, -0.25) is 4.79 Å². The lowest BCUT2D eigenvalue weighted by Gasteiger charge is -2.35. The van der Waals surface area contributed by atoms with Gasteiger partial charge in [0.15, 0.2) is 5.76 Å². The highest BCUT2D eigenvalue weighted by molar-refractivity contribution is 5.96. The number of hydrogen-bond acceptors (Lipinski definition) is 3. The molecule has 3 rings (SSSR count). The zero-order valence-electron chi connectivity index (χ0n) is 12.7. The Morgan fingerprint density at radius 3 is 3.05 bits per heavy atom. The molecule has 1 N–H and O–H groups in total. The first-order valence-electron chi connectivity index (χ1n) is 7.65. The number of likely N-dealkylation sites (N-methyl/N-ethyl adjacent to an activating group) is 1. The van der Waals surface area contributed by atoms with Gasteiger partial charge < -0.3 is 14.6 Å². The molecule has 4 heteroatoms. The van der Waals surface area contributed by atoms with Gasteiger partial charge in [0.1, 0.15) is 5.58 Å². The van der Waals surface area contributed by atoms with Crippen LogP contribution in [-0.2, 0) is 0 Å². The fourth-order valence-electron chi connectivity index (χ4n) is 3.13. The number of nitrogens with one attached hydrogen (secondary N) is 1. The third-order valence-corrected chi connectivity index (χ3v) is 4.21. The molecule has 2 aromatic rings. The number of furan rings is 1. The van der Waals surface area contributed by atoms with E-state index in [0.29, 0.717) is 5.76 Å². The van der Waals surface area contributed by atoms with Gasteiger partial charge >= 0.3 is 0 Å². The van der Waals surface area contributed by atoms with E-state index in [4.69, 9.17) is 4.42 Å². The molecule has 1 aliphatic rings. The molecule has 0 radical (unpaired) electrons. The SMILES string of the molecule is CNCC1CCCCN1C(=O)c1cc2cc(C)ccc2o1. The monoisotopic (exact) mass is 286 g/mol. The third kappa shape index (κ3) is 2.81. The van der Waals surface area contributed by atoms with Gasteiger partial charge in [-0.1, -0.05) is 11.6 Å². The number of amides is 1. The van der Waals surface area contributed by atoms with Crippen LogP contribution in [0, 0.1) is 6.92 Å². The minimum Gasteiger partial charge on any atom is -0.451 e. The summed E-state index contributed by atoms with van der Waals surface area (Å²) in [4.78, 5) is 14.7. The van der Waals surface area contributed by atoms with Gasteiger partial charge in [-0.25, -0.2) is 0 Å². The Balaban J connectivity index is 1.87. The van der Waals surface area contributed by atoms with E-state index in [2.05, 4.69) is 11.4 Å². The maximum Gasteiger partial charge on any atom is 0.289 e. The van der Waals surface area contributed by atoms with Crippen LogP contribution in [0.2, 0.25) is 0 Å². The number of benzene rings is 1. The summed E-state index contributed by atoms with van der Waals surface area (Å²) >= 11 is 0. The summed E-state index contributed by atoms with van der Waals surface area (Å²) in [5.74, 6) is 0.474. The Morgan fingerprint density at radius 2 is 2.24 bits per heavy atom. The van der Waals surface area contributed by atoms with Crippen molar-refractivity contribution in [2.45, 2.75) is 32.2 Å². The van der Waals surface area contributed by atoms with Gasteiger partial charge in [-0.05, 0) is 51.4 Å². The van der Waals surface area contributed by atoms with Crippen molar-refractivity contribution in [1.82, 2.24) is 10.2 Å². The first-order valence-corrected chi connectivity index (χ1v) is 7.65. The van der Waals surface area contributed by atoms with Crippen LogP contribution in [0.5, 0.6) is 0 Å². The number of fused-ring (bicyclic) bond motifs is 1. The van der Waals surface area contributed by atoms with Crippen molar-refractivity contribution in [1.29, 1.82) is 0 Å². The summed E-state index contributed by atoms with van der Waals surface area (Å²) in [5, 5.41) is 4.18. The number of carbonyl (C=O) groups is 1. The van der Waals surface area contributed by atoms with E-state index >= 15 is 0 Å². The molecule has 1 unspecified atom stereocenters. The molecule has 21 heavy (non-hydrogen) atoms. The fourth-order valence-corrected chi connectivity index (χ4v) is 3.13. The average molecular weight is 286 g/mol. The van der Waals surface area contributed by atoms with Crippen LogP contribution in [-0.4, -0.2) is 37.0 Å². The predicted octanol–water partition coefficient (Wildman–Crippen LogP) is 2.96. The Bertz CT molecular complexity index is 645. The van der Waals surface area contributed by atoms with Gasteiger partial charge in [0.25, 0.3) is 5.91 Å². The van der Waals surface area contributed by atoms with Crippen LogP contribution < -0.4 is 5.32 Å². The van der Waals surface area contributed by atoms with E-state index in [9.17, 15) is 4.79 Å².